The average Bonchev–Trinajstić information content (AvgIpc) is 3.28. The van der Waals surface area contributed by atoms with E-state index in [1.54, 1.807) is 0 Å². The summed E-state index contributed by atoms with van der Waals surface area (Å²) in [6.07, 6.45) is -9.65. The van der Waals surface area contributed by atoms with E-state index in [4.69, 9.17) is 4.18 Å². The maximum Gasteiger partial charge on any atom is 0.453 e. The molecule has 1 aromatic heterocycles. The second kappa shape index (κ2) is 8.57. The van der Waals surface area contributed by atoms with Crippen molar-refractivity contribution in [2.24, 2.45) is 0 Å². The Balaban J connectivity index is 1.68. The van der Waals surface area contributed by atoms with Crippen LogP contribution in [0.5, 0.6) is 5.75 Å². The molecule has 2 aromatic carbocycles. The summed E-state index contributed by atoms with van der Waals surface area (Å²) in [6, 6.07) is 7.48. The number of carbonyl (C=O) groups is 2. The van der Waals surface area contributed by atoms with Crippen LogP contribution in [0, 0.1) is 6.92 Å². The van der Waals surface area contributed by atoms with Crippen LogP contribution >= 0.6 is 0 Å². The zero-order valence-corrected chi connectivity index (χ0v) is 19.5. The zero-order chi connectivity index (χ0) is 27.5. The second-order valence-corrected chi connectivity index (χ2v) is 9.52. The lowest BCUT2D eigenvalue weighted by atomic mass is 10.1. The molecular formula is C21H14F6N4O5S. The van der Waals surface area contributed by atoms with Gasteiger partial charge in [-0.05, 0) is 36.2 Å². The number of benzene rings is 2. The van der Waals surface area contributed by atoms with Gasteiger partial charge >= 0.3 is 22.5 Å². The molecule has 0 N–H and O–H groups in total. The van der Waals surface area contributed by atoms with Crippen LogP contribution in [0.25, 0.3) is 0 Å². The van der Waals surface area contributed by atoms with Crippen molar-refractivity contribution in [2.75, 3.05) is 11.2 Å². The van der Waals surface area contributed by atoms with Crippen molar-refractivity contribution in [2.45, 2.75) is 25.8 Å². The van der Waals surface area contributed by atoms with Gasteiger partial charge in [0.2, 0.25) is 5.82 Å². The number of alkyl halides is 6. The minimum atomic E-state index is -5.21. The molecule has 2 heterocycles. The minimum Gasteiger partial charge on any atom is -0.382 e. The Bertz CT molecular complexity index is 1550. The number of hydrogen-bond acceptors (Lipinski definition) is 7. The Hall–Kier alpha value is -3.95. The molecule has 4 rings (SSSR count). The number of hydrogen-bond donors (Lipinski definition) is 0. The van der Waals surface area contributed by atoms with Gasteiger partial charge in [-0.1, -0.05) is 18.2 Å². The number of fused-ring (bicyclic) bond motifs is 1. The van der Waals surface area contributed by atoms with Crippen LogP contribution in [0.2, 0.25) is 0 Å². The fraction of sp³-hybridized carbons (Fsp3) is 0.238. The Kier molecular flexibility index (Phi) is 6.05. The standard InChI is InChI=1S/C21H14F6N4O5S/c1-10-8-11(9-30-19(21(25,26)27)28-18(29-30)20(22,23)24)6-7-13(10)31-16(32)12-4-3-5-14(15(12)17(31)33)36-37(2,34)35/h3-8H,9H2,1-2H3. The van der Waals surface area contributed by atoms with Crippen LogP contribution in [-0.4, -0.2) is 41.3 Å². The van der Waals surface area contributed by atoms with Gasteiger partial charge in [0.25, 0.3) is 17.6 Å². The van der Waals surface area contributed by atoms with Gasteiger partial charge < -0.3 is 4.18 Å². The maximum atomic E-state index is 13.2. The van der Waals surface area contributed by atoms with E-state index in [0.29, 0.717) is 0 Å². The molecule has 37 heavy (non-hydrogen) atoms. The van der Waals surface area contributed by atoms with Crippen molar-refractivity contribution in [1.29, 1.82) is 0 Å². The highest BCUT2D eigenvalue weighted by atomic mass is 32.2. The van der Waals surface area contributed by atoms with Gasteiger partial charge in [-0.25, -0.2) is 9.58 Å². The van der Waals surface area contributed by atoms with Gasteiger partial charge in [-0.15, -0.1) is 5.10 Å². The van der Waals surface area contributed by atoms with Gasteiger partial charge in [-0.3, -0.25) is 9.59 Å². The molecule has 0 saturated carbocycles. The Morgan fingerprint density at radius 2 is 1.65 bits per heavy atom. The number of imide groups is 1. The first-order valence-corrected chi connectivity index (χ1v) is 11.9. The lowest BCUT2D eigenvalue weighted by molar-refractivity contribution is -0.150. The zero-order valence-electron chi connectivity index (χ0n) is 18.7. The van der Waals surface area contributed by atoms with Gasteiger partial charge in [-0.2, -0.15) is 39.7 Å². The quantitative estimate of drug-likeness (QED) is 0.271. The number of carbonyl (C=O) groups excluding carboxylic acids is 2. The van der Waals surface area contributed by atoms with Crippen LogP contribution in [0.15, 0.2) is 36.4 Å². The van der Waals surface area contributed by atoms with Gasteiger partial charge in [0.15, 0.2) is 5.75 Å². The molecule has 9 nitrogen and oxygen atoms in total. The van der Waals surface area contributed by atoms with E-state index in [0.717, 1.165) is 11.2 Å². The molecule has 0 unspecified atom stereocenters. The van der Waals surface area contributed by atoms with Crippen molar-refractivity contribution in [3.05, 3.63) is 70.3 Å². The summed E-state index contributed by atoms with van der Waals surface area (Å²) in [7, 11) is -4.03. The predicted molar refractivity (Wildman–Crippen MR) is 113 cm³/mol. The van der Waals surface area contributed by atoms with E-state index in [1.165, 1.54) is 43.3 Å². The van der Waals surface area contributed by atoms with Crippen LogP contribution in [0.1, 0.15) is 43.5 Å². The smallest absolute Gasteiger partial charge is 0.382 e. The van der Waals surface area contributed by atoms with Gasteiger partial charge in [0.05, 0.1) is 29.6 Å². The molecule has 1 aliphatic rings. The molecule has 0 radical (unpaired) electrons. The molecule has 1 aliphatic heterocycles. The van der Waals surface area contributed by atoms with Gasteiger partial charge in [0, 0.05) is 0 Å². The third-order valence-electron chi connectivity index (χ3n) is 5.13. The summed E-state index contributed by atoms with van der Waals surface area (Å²) < 4.78 is 106. The fourth-order valence-corrected chi connectivity index (χ4v) is 4.19. The van der Waals surface area contributed by atoms with Crippen molar-refractivity contribution < 1.29 is 48.5 Å². The highest BCUT2D eigenvalue weighted by Crippen LogP contribution is 2.37. The molecule has 0 fully saturated rings. The number of halogens is 6. The summed E-state index contributed by atoms with van der Waals surface area (Å²) in [5.74, 6) is -5.87. The third-order valence-corrected chi connectivity index (χ3v) is 5.61. The predicted octanol–water partition coefficient (Wildman–Crippen LogP) is 3.81. The average molecular weight is 548 g/mol. The number of anilines is 1. The summed E-state index contributed by atoms with van der Waals surface area (Å²) in [5.41, 5.74) is -0.124. The lowest BCUT2D eigenvalue weighted by Gasteiger charge is -2.18. The lowest BCUT2D eigenvalue weighted by Crippen LogP contribution is -2.30. The molecule has 16 heteroatoms. The number of amides is 2. The van der Waals surface area contributed by atoms with E-state index < -0.39 is 52.5 Å². The normalized spacial score (nSPS) is 14.3. The van der Waals surface area contributed by atoms with Crippen molar-refractivity contribution in [1.82, 2.24) is 14.8 Å². The van der Waals surface area contributed by atoms with E-state index in [2.05, 4.69) is 10.1 Å². The SMILES string of the molecule is Cc1cc(Cn2nc(C(F)(F)F)nc2C(F)(F)F)ccc1N1C(=O)c2cccc(OS(C)(=O)=O)c2C1=O. The number of nitrogens with zero attached hydrogens (tertiary/aromatic N) is 4. The molecule has 0 saturated heterocycles. The molecule has 196 valence electrons. The van der Waals surface area contributed by atoms with E-state index in [9.17, 15) is 44.3 Å². The third kappa shape index (κ3) is 5.00. The second-order valence-electron chi connectivity index (χ2n) is 7.94. The number of aromatic nitrogens is 3. The first kappa shape index (κ1) is 26.1. The van der Waals surface area contributed by atoms with Crippen LogP contribution < -0.4 is 9.08 Å². The van der Waals surface area contributed by atoms with Crippen LogP contribution in [0.4, 0.5) is 32.0 Å². The molecule has 0 aliphatic carbocycles. The molecule has 0 spiro atoms. The molecule has 3 aromatic rings. The van der Waals surface area contributed by atoms with Crippen LogP contribution in [-0.2, 0) is 29.0 Å². The van der Waals surface area contributed by atoms with Crippen LogP contribution in [0.3, 0.4) is 0 Å². The highest BCUT2D eigenvalue weighted by Gasteiger charge is 2.44. The van der Waals surface area contributed by atoms with E-state index >= 15 is 0 Å². The largest absolute Gasteiger partial charge is 0.453 e. The van der Waals surface area contributed by atoms with Crippen molar-refractivity contribution in [3.63, 3.8) is 0 Å². The molecule has 0 atom stereocenters. The van der Waals surface area contributed by atoms with Gasteiger partial charge in [0.1, 0.15) is 0 Å². The Labute approximate surface area is 204 Å². The Morgan fingerprint density at radius 1 is 0.973 bits per heavy atom. The Morgan fingerprint density at radius 3 is 2.22 bits per heavy atom. The summed E-state index contributed by atoms with van der Waals surface area (Å²) in [5, 5.41) is 2.94. The minimum absolute atomic E-state index is 0.0193. The number of rotatable bonds is 5. The first-order valence-electron chi connectivity index (χ1n) is 10.1. The topological polar surface area (TPSA) is 111 Å². The molecular weight excluding hydrogens is 534 g/mol. The van der Waals surface area contributed by atoms with Crippen molar-refractivity contribution in [3.8, 4) is 5.75 Å². The summed E-state index contributed by atoms with van der Waals surface area (Å²) in [4.78, 5) is 29.3. The van der Waals surface area contributed by atoms with E-state index in [1.807, 2.05) is 0 Å². The fourth-order valence-electron chi connectivity index (χ4n) is 3.73. The van der Waals surface area contributed by atoms with E-state index in [-0.39, 0.29) is 38.4 Å². The highest BCUT2D eigenvalue weighted by molar-refractivity contribution is 7.86. The molecule has 2 amide bonds. The number of aryl methyl sites for hydroxylation is 1. The maximum absolute atomic E-state index is 13.2. The first-order chi connectivity index (χ1) is 17.0. The monoisotopic (exact) mass is 548 g/mol. The summed E-state index contributed by atoms with van der Waals surface area (Å²) in [6.45, 7) is 0.678. The summed E-state index contributed by atoms with van der Waals surface area (Å²) >= 11 is 0. The molecule has 0 bridgehead atoms. The van der Waals surface area contributed by atoms with Crippen molar-refractivity contribution >= 4 is 27.6 Å².